The van der Waals surface area contributed by atoms with Crippen LogP contribution in [0, 0.1) is 0 Å². The number of nitrogens with two attached hydrogens (primary N) is 1. The predicted molar refractivity (Wildman–Crippen MR) is 55.7 cm³/mol. The zero-order valence-corrected chi connectivity index (χ0v) is 8.08. The van der Waals surface area contributed by atoms with Crippen molar-refractivity contribution < 1.29 is 4.74 Å². The second kappa shape index (κ2) is 4.67. The highest BCUT2D eigenvalue weighted by atomic mass is 16.5. The molecule has 1 aromatic rings. The van der Waals surface area contributed by atoms with Gasteiger partial charge in [0.05, 0.1) is 7.11 Å². The van der Waals surface area contributed by atoms with Crippen molar-refractivity contribution in [3.8, 4) is 5.75 Å². The lowest BCUT2D eigenvalue weighted by molar-refractivity contribution is 0.413. The summed E-state index contributed by atoms with van der Waals surface area (Å²) in [5.41, 5.74) is 7.70. The fraction of sp³-hybridized carbons (Fsp3) is 0.273. The summed E-state index contributed by atoms with van der Waals surface area (Å²) in [5, 5.41) is 0. The highest BCUT2D eigenvalue weighted by Crippen LogP contribution is 2.24. The van der Waals surface area contributed by atoms with E-state index in [9.17, 15) is 0 Å². The minimum absolute atomic E-state index is 0.559. The Labute approximate surface area is 79.0 Å². The van der Waals surface area contributed by atoms with Crippen molar-refractivity contribution in [2.75, 3.05) is 13.7 Å². The molecule has 13 heavy (non-hydrogen) atoms. The van der Waals surface area contributed by atoms with Gasteiger partial charge >= 0.3 is 0 Å². The minimum Gasteiger partial charge on any atom is -0.496 e. The number of para-hydroxylation sites is 1. The standard InChI is InChI=1S/C11H15NO/c1-9(7-8-12)10-5-3-4-6-11(10)13-2/h3-7H,8,12H2,1-2H3/b9-7+. The third kappa shape index (κ3) is 2.33. The molecule has 0 heterocycles. The van der Waals surface area contributed by atoms with Gasteiger partial charge in [0.15, 0.2) is 0 Å². The van der Waals surface area contributed by atoms with E-state index >= 15 is 0 Å². The van der Waals surface area contributed by atoms with E-state index < -0.39 is 0 Å². The van der Waals surface area contributed by atoms with E-state index in [4.69, 9.17) is 10.5 Å². The van der Waals surface area contributed by atoms with Gasteiger partial charge in [0.2, 0.25) is 0 Å². The average Bonchev–Trinajstić information content (AvgIpc) is 2.18. The van der Waals surface area contributed by atoms with Gasteiger partial charge in [-0.05, 0) is 18.6 Å². The summed E-state index contributed by atoms with van der Waals surface area (Å²) in [6.07, 6.45) is 1.98. The molecule has 0 bridgehead atoms. The Bertz CT molecular complexity index is 305. The molecule has 0 aliphatic rings. The van der Waals surface area contributed by atoms with Crippen LogP contribution in [0.4, 0.5) is 0 Å². The van der Waals surface area contributed by atoms with Crippen molar-refractivity contribution in [1.29, 1.82) is 0 Å². The molecule has 0 aliphatic carbocycles. The molecule has 0 radical (unpaired) electrons. The molecular formula is C11H15NO. The molecule has 0 spiro atoms. The van der Waals surface area contributed by atoms with Crippen LogP contribution >= 0.6 is 0 Å². The maximum atomic E-state index is 5.44. The number of methoxy groups -OCH3 is 1. The van der Waals surface area contributed by atoms with Crippen molar-refractivity contribution in [2.45, 2.75) is 6.92 Å². The quantitative estimate of drug-likeness (QED) is 0.767. The molecule has 0 atom stereocenters. The number of allylic oxidation sites excluding steroid dienone is 1. The fourth-order valence-electron chi connectivity index (χ4n) is 1.26. The van der Waals surface area contributed by atoms with Gasteiger partial charge in [-0.1, -0.05) is 24.3 Å². The molecule has 0 saturated heterocycles. The molecule has 2 heteroatoms. The Balaban J connectivity index is 3.05. The fourth-order valence-corrected chi connectivity index (χ4v) is 1.26. The topological polar surface area (TPSA) is 35.2 Å². The van der Waals surface area contributed by atoms with Gasteiger partial charge in [0.25, 0.3) is 0 Å². The van der Waals surface area contributed by atoms with Gasteiger partial charge in [-0.2, -0.15) is 0 Å². The number of rotatable bonds is 3. The first-order valence-electron chi connectivity index (χ1n) is 4.29. The van der Waals surface area contributed by atoms with E-state index in [1.165, 1.54) is 0 Å². The molecule has 0 unspecified atom stereocenters. The van der Waals surface area contributed by atoms with Gasteiger partial charge in [0, 0.05) is 12.1 Å². The van der Waals surface area contributed by atoms with Crippen molar-refractivity contribution in [1.82, 2.24) is 0 Å². The summed E-state index contributed by atoms with van der Waals surface area (Å²) in [5.74, 6) is 0.893. The monoisotopic (exact) mass is 177 g/mol. The Kier molecular flexibility index (Phi) is 3.53. The van der Waals surface area contributed by atoms with Crippen molar-refractivity contribution in [3.63, 3.8) is 0 Å². The number of ether oxygens (including phenoxy) is 1. The van der Waals surface area contributed by atoms with E-state index in [1.807, 2.05) is 37.3 Å². The van der Waals surface area contributed by atoms with E-state index in [2.05, 4.69) is 0 Å². The number of benzene rings is 1. The molecule has 2 N–H and O–H groups in total. The Morgan fingerprint density at radius 1 is 1.46 bits per heavy atom. The van der Waals surface area contributed by atoms with Gasteiger partial charge in [0.1, 0.15) is 5.75 Å². The molecule has 70 valence electrons. The van der Waals surface area contributed by atoms with Crippen LogP contribution in [0.5, 0.6) is 5.75 Å². The predicted octanol–water partition coefficient (Wildman–Crippen LogP) is 2.06. The molecule has 0 aliphatic heterocycles. The molecule has 1 aromatic carbocycles. The molecule has 0 saturated carbocycles. The summed E-state index contributed by atoms with van der Waals surface area (Å²) in [6, 6.07) is 7.92. The van der Waals surface area contributed by atoms with Crippen molar-refractivity contribution in [3.05, 3.63) is 35.9 Å². The van der Waals surface area contributed by atoms with Crippen molar-refractivity contribution >= 4 is 5.57 Å². The van der Waals surface area contributed by atoms with Gasteiger partial charge in [-0.3, -0.25) is 0 Å². The minimum atomic E-state index is 0.559. The molecule has 0 aromatic heterocycles. The summed E-state index contributed by atoms with van der Waals surface area (Å²) < 4.78 is 5.23. The third-order valence-corrected chi connectivity index (χ3v) is 1.96. The first-order valence-corrected chi connectivity index (χ1v) is 4.29. The lowest BCUT2D eigenvalue weighted by Gasteiger charge is -2.07. The molecule has 2 nitrogen and oxygen atoms in total. The lowest BCUT2D eigenvalue weighted by Crippen LogP contribution is -1.95. The summed E-state index contributed by atoms with van der Waals surface area (Å²) in [6.45, 7) is 2.59. The lowest BCUT2D eigenvalue weighted by atomic mass is 10.1. The summed E-state index contributed by atoms with van der Waals surface area (Å²) >= 11 is 0. The van der Waals surface area contributed by atoms with Crippen LogP contribution in [-0.4, -0.2) is 13.7 Å². The van der Waals surface area contributed by atoms with E-state index in [0.717, 1.165) is 16.9 Å². The van der Waals surface area contributed by atoms with Gasteiger partial charge < -0.3 is 10.5 Å². The van der Waals surface area contributed by atoms with Crippen LogP contribution in [0.2, 0.25) is 0 Å². The largest absolute Gasteiger partial charge is 0.496 e. The normalized spacial score (nSPS) is 11.5. The van der Waals surface area contributed by atoms with Crippen LogP contribution < -0.4 is 10.5 Å². The van der Waals surface area contributed by atoms with Crippen molar-refractivity contribution in [2.24, 2.45) is 5.73 Å². The molecule has 0 amide bonds. The zero-order chi connectivity index (χ0) is 9.68. The smallest absolute Gasteiger partial charge is 0.126 e. The second-order valence-corrected chi connectivity index (χ2v) is 2.82. The van der Waals surface area contributed by atoms with Crippen LogP contribution in [0.25, 0.3) is 5.57 Å². The van der Waals surface area contributed by atoms with E-state index in [0.29, 0.717) is 6.54 Å². The number of hydrogen-bond acceptors (Lipinski definition) is 2. The average molecular weight is 177 g/mol. The van der Waals surface area contributed by atoms with Gasteiger partial charge in [-0.15, -0.1) is 0 Å². The Hall–Kier alpha value is -1.28. The van der Waals surface area contributed by atoms with E-state index in [-0.39, 0.29) is 0 Å². The molecule has 0 fully saturated rings. The molecule has 1 rings (SSSR count). The second-order valence-electron chi connectivity index (χ2n) is 2.82. The maximum Gasteiger partial charge on any atom is 0.126 e. The van der Waals surface area contributed by atoms with Crippen LogP contribution in [-0.2, 0) is 0 Å². The van der Waals surface area contributed by atoms with E-state index in [1.54, 1.807) is 7.11 Å². The van der Waals surface area contributed by atoms with Crippen LogP contribution in [0.15, 0.2) is 30.3 Å². The SMILES string of the molecule is COc1ccccc1/C(C)=C/CN. The zero-order valence-electron chi connectivity index (χ0n) is 8.08. The maximum absolute atomic E-state index is 5.44. The van der Waals surface area contributed by atoms with Crippen LogP contribution in [0.1, 0.15) is 12.5 Å². The Morgan fingerprint density at radius 2 is 2.15 bits per heavy atom. The summed E-state index contributed by atoms with van der Waals surface area (Å²) in [7, 11) is 1.68. The highest BCUT2D eigenvalue weighted by molar-refractivity contribution is 5.68. The van der Waals surface area contributed by atoms with Crippen LogP contribution in [0.3, 0.4) is 0 Å². The first-order chi connectivity index (χ1) is 6.29. The third-order valence-electron chi connectivity index (χ3n) is 1.96. The van der Waals surface area contributed by atoms with Gasteiger partial charge in [-0.25, -0.2) is 0 Å². The summed E-state index contributed by atoms with van der Waals surface area (Å²) in [4.78, 5) is 0. The first kappa shape index (κ1) is 9.81. The molecular weight excluding hydrogens is 162 g/mol. The highest BCUT2D eigenvalue weighted by Gasteiger charge is 2.01. The Morgan fingerprint density at radius 3 is 2.77 bits per heavy atom. The number of hydrogen-bond donors (Lipinski definition) is 1.